The van der Waals surface area contributed by atoms with Crippen LogP contribution in [-0.4, -0.2) is 27.0 Å². The van der Waals surface area contributed by atoms with Crippen molar-refractivity contribution in [2.75, 3.05) is 0 Å². The van der Waals surface area contributed by atoms with Gasteiger partial charge in [0.1, 0.15) is 5.54 Å². The summed E-state index contributed by atoms with van der Waals surface area (Å²) in [6.07, 6.45) is 8.33. The second kappa shape index (κ2) is 5.44. The molecule has 21 heavy (non-hydrogen) atoms. The normalized spacial score (nSPS) is 29.0. The first-order chi connectivity index (χ1) is 10.0. The fourth-order valence-electron chi connectivity index (χ4n) is 3.71. The zero-order chi connectivity index (χ0) is 15.0. The smallest absolute Gasteiger partial charge is 0.238 e. The molecule has 0 spiro atoms. The van der Waals surface area contributed by atoms with Gasteiger partial charge in [-0.1, -0.05) is 6.42 Å². The minimum atomic E-state index is -0.468. The predicted octanol–water partition coefficient (Wildman–Crippen LogP) is 1.67. The van der Waals surface area contributed by atoms with Crippen molar-refractivity contribution in [2.45, 2.75) is 70.5 Å². The molecule has 2 aliphatic carbocycles. The summed E-state index contributed by atoms with van der Waals surface area (Å²) >= 11 is 0. The van der Waals surface area contributed by atoms with Gasteiger partial charge in [-0.05, 0) is 51.9 Å². The van der Waals surface area contributed by atoms with Crippen molar-refractivity contribution in [2.24, 2.45) is 11.7 Å². The van der Waals surface area contributed by atoms with E-state index in [0.717, 1.165) is 37.9 Å². The highest BCUT2D eigenvalue weighted by Gasteiger charge is 2.49. The van der Waals surface area contributed by atoms with E-state index < -0.39 is 5.54 Å². The minimum Gasteiger partial charge on any atom is -0.368 e. The predicted molar refractivity (Wildman–Crippen MR) is 81.7 cm³/mol. The van der Waals surface area contributed by atoms with Gasteiger partial charge in [-0.25, -0.2) is 4.98 Å². The van der Waals surface area contributed by atoms with Gasteiger partial charge in [-0.3, -0.25) is 4.79 Å². The maximum absolute atomic E-state index is 12.1. The standard InChI is InChI=1S/C16H26N4O/c1-11-12(2)20(10-18-11)9-7-13-4-3-8-16(13,15(17)21)19-14-5-6-14/h10,13-14,19H,3-9H2,1-2H3,(H2,17,21). The first kappa shape index (κ1) is 14.6. The SMILES string of the molecule is Cc1ncn(CCC2CCCC2(NC2CC2)C(N)=O)c1C. The first-order valence-corrected chi connectivity index (χ1v) is 8.09. The molecule has 5 heteroatoms. The molecule has 2 saturated carbocycles. The van der Waals surface area contributed by atoms with Gasteiger partial charge in [-0.15, -0.1) is 0 Å². The van der Waals surface area contributed by atoms with Crippen molar-refractivity contribution >= 4 is 5.91 Å². The van der Waals surface area contributed by atoms with Crippen molar-refractivity contribution in [3.8, 4) is 0 Å². The molecule has 2 fully saturated rings. The molecule has 0 aromatic carbocycles. The van der Waals surface area contributed by atoms with Gasteiger partial charge in [0.15, 0.2) is 0 Å². The van der Waals surface area contributed by atoms with Crippen LogP contribution in [0, 0.1) is 19.8 Å². The largest absolute Gasteiger partial charge is 0.368 e. The molecule has 0 bridgehead atoms. The summed E-state index contributed by atoms with van der Waals surface area (Å²) in [6, 6.07) is 0.510. The number of aromatic nitrogens is 2. The highest BCUT2D eigenvalue weighted by atomic mass is 16.1. The van der Waals surface area contributed by atoms with E-state index in [4.69, 9.17) is 5.73 Å². The topological polar surface area (TPSA) is 72.9 Å². The maximum Gasteiger partial charge on any atom is 0.238 e. The molecule has 3 N–H and O–H groups in total. The molecule has 1 aromatic rings. The molecule has 5 nitrogen and oxygen atoms in total. The highest BCUT2D eigenvalue weighted by Crippen LogP contribution is 2.40. The van der Waals surface area contributed by atoms with Crippen molar-refractivity contribution in [1.82, 2.24) is 14.9 Å². The van der Waals surface area contributed by atoms with Crippen LogP contribution in [0.5, 0.6) is 0 Å². The molecule has 3 rings (SSSR count). The average Bonchev–Trinajstić information content (AvgIpc) is 3.08. The van der Waals surface area contributed by atoms with E-state index in [1.807, 2.05) is 13.3 Å². The Morgan fingerprint density at radius 2 is 2.24 bits per heavy atom. The number of carbonyl (C=O) groups excluding carboxylic acids is 1. The van der Waals surface area contributed by atoms with Crippen LogP contribution in [0.15, 0.2) is 6.33 Å². The second-order valence-electron chi connectivity index (χ2n) is 6.74. The number of aryl methyl sites for hydroxylation is 2. The third-order valence-electron chi connectivity index (χ3n) is 5.36. The van der Waals surface area contributed by atoms with Gasteiger partial charge in [0, 0.05) is 18.3 Å². The van der Waals surface area contributed by atoms with E-state index >= 15 is 0 Å². The van der Waals surface area contributed by atoms with Crippen LogP contribution < -0.4 is 11.1 Å². The van der Waals surface area contributed by atoms with E-state index in [2.05, 4.69) is 21.8 Å². The molecular formula is C16H26N4O. The molecule has 2 aliphatic rings. The number of nitrogens with zero attached hydrogens (tertiary/aromatic N) is 2. The van der Waals surface area contributed by atoms with Crippen LogP contribution in [-0.2, 0) is 11.3 Å². The zero-order valence-corrected chi connectivity index (χ0v) is 13.1. The number of imidazole rings is 1. The lowest BCUT2D eigenvalue weighted by Crippen LogP contribution is -2.58. The highest BCUT2D eigenvalue weighted by molar-refractivity contribution is 5.85. The molecule has 0 aliphatic heterocycles. The van der Waals surface area contributed by atoms with Crippen LogP contribution in [0.1, 0.15) is 49.9 Å². The summed E-state index contributed by atoms with van der Waals surface area (Å²) < 4.78 is 2.19. The molecule has 1 amide bonds. The monoisotopic (exact) mass is 290 g/mol. The molecule has 1 heterocycles. The molecular weight excluding hydrogens is 264 g/mol. The minimum absolute atomic E-state index is 0.157. The first-order valence-electron chi connectivity index (χ1n) is 8.09. The number of amides is 1. The second-order valence-corrected chi connectivity index (χ2v) is 6.74. The van der Waals surface area contributed by atoms with Gasteiger partial charge in [0.2, 0.25) is 5.91 Å². The van der Waals surface area contributed by atoms with E-state index in [0.29, 0.717) is 12.0 Å². The molecule has 0 saturated heterocycles. The van der Waals surface area contributed by atoms with Crippen LogP contribution in [0.2, 0.25) is 0 Å². The summed E-state index contributed by atoms with van der Waals surface area (Å²) in [5.41, 5.74) is 7.61. The Bertz CT molecular complexity index is 534. The van der Waals surface area contributed by atoms with Gasteiger partial charge in [-0.2, -0.15) is 0 Å². The summed E-state index contributed by atoms with van der Waals surface area (Å²) in [5.74, 6) is 0.188. The van der Waals surface area contributed by atoms with Gasteiger partial charge in [0.05, 0.1) is 12.0 Å². The lowest BCUT2D eigenvalue weighted by atomic mass is 9.83. The lowest BCUT2D eigenvalue weighted by molar-refractivity contribution is -0.126. The quantitative estimate of drug-likeness (QED) is 0.837. The number of nitrogens with one attached hydrogen (secondary N) is 1. The lowest BCUT2D eigenvalue weighted by Gasteiger charge is -2.34. The maximum atomic E-state index is 12.1. The van der Waals surface area contributed by atoms with Crippen molar-refractivity contribution in [3.63, 3.8) is 0 Å². The Kier molecular flexibility index (Phi) is 3.78. The number of hydrogen-bond donors (Lipinski definition) is 2. The molecule has 0 radical (unpaired) electrons. The number of primary amides is 1. The Labute approximate surface area is 126 Å². The van der Waals surface area contributed by atoms with Crippen LogP contribution in [0.4, 0.5) is 0 Å². The van der Waals surface area contributed by atoms with E-state index in [1.54, 1.807) is 0 Å². The fourth-order valence-corrected chi connectivity index (χ4v) is 3.71. The third kappa shape index (κ3) is 2.71. The number of nitrogens with two attached hydrogens (primary N) is 1. The Balaban J connectivity index is 1.70. The van der Waals surface area contributed by atoms with Crippen molar-refractivity contribution in [1.29, 1.82) is 0 Å². The Morgan fingerprint density at radius 3 is 2.81 bits per heavy atom. The van der Waals surface area contributed by atoms with Gasteiger partial charge in [0.25, 0.3) is 0 Å². The van der Waals surface area contributed by atoms with Gasteiger partial charge >= 0.3 is 0 Å². The molecule has 116 valence electrons. The summed E-state index contributed by atoms with van der Waals surface area (Å²) in [4.78, 5) is 16.5. The third-order valence-corrected chi connectivity index (χ3v) is 5.36. The summed E-state index contributed by atoms with van der Waals surface area (Å²) in [5, 5.41) is 3.57. The van der Waals surface area contributed by atoms with Crippen LogP contribution >= 0.6 is 0 Å². The summed E-state index contributed by atoms with van der Waals surface area (Å²) in [6.45, 7) is 5.04. The van der Waals surface area contributed by atoms with Gasteiger partial charge < -0.3 is 15.6 Å². The molecule has 2 unspecified atom stereocenters. The number of carbonyl (C=O) groups is 1. The average molecular weight is 290 g/mol. The molecule has 2 atom stereocenters. The van der Waals surface area contributed by atoms with Crippen LogP contribution in [0.25, 0.3) is 0 Å². The van der Waals surface area contributed by atoms with E-state index in [-0.39, 0.29) is 5.91 Å². The van der Waals surface area contributed by atoms with E-state index in [9.17, 15) is 4.79 Å². The Morgan fingerprint density at radius 1 is 1.48 bits per heavy atom. The van der Waals surface area contributed by atoms with Crippen molar-refractivity contribution in [3.05, 3.63) is 17.7 Å². The van der Waals surface area contributed by atoms with E-state index in [1.165, 1.54) is 18.5 Å². The van der Waals surface area contributed by atoms with Crippen molar-refractivity contribution < 1.29 is 4.79 Å². The summed E-state index contributed by atoms with van der Waals surface area (Å²) in [7, 11) is 0. The zero-order valence-electron chi connectivity index (χ0n) is 13.1. The molecule has 1 aromatic heterocycles. The van der Waals surface area contributed by atoms with Crippen LogP contribution in [0.3, 0.4) is 0 Å². The number of hydrogen-bond acceptors (Lipinski definition) is 3. The fraction of sp³-hybridized carbons (Fsp3) is 0.750. The Hall–Kier alpha value is -1.36. The number of rotatable bonds is 6.